The molecule has 0 saturated carbocycles. The Morgan fingerprint density at radius 3 is 2.50 bits per heavy atom. The van der Waals surface area contributed by atoms with Gasteiger partial charge < -0.3 is 9.80 Å². The Labute approximate surface area is 213 Å². The summed E-state index contributed by atoms with van der Waals surface area (Å²) >= 11 is 0.0793. The summed E-state index contributed by atoms with van der Waals surface area (Å²) in [6.07, 6.45) is 1.78. The number of benzene rings is 2. The predicted molar refractivity (Wildman–Crippen MR) is 140 cm³/mol. The summed E-state index contributed by atoms with van der Waals surface area (Å²) in [6.45, 7) is 7.45. The number of piperazine rings is 1. The number of hydrogen-bond donors (Lipinski definition) is 0. The normalized spacial score (nSPS) is 18.6. The van der Waals surface area contributed by atoms with Crippen molar-refractivity contribution >= 4 is 41.0 Å². The number of nitro groups is 1. The van der Waals surface area contributed by atoms with Gasteiger partial charge >= 0.3 is 0 Å². The van der Waals surface area contributed by atoms with E-state index in [4.69, 9.17) is 0 Å². The third-order valence-electron chi connectivity index (χ3n) is 6.06. The molecule has 1 fully saturated rings. The lowest BCUT2D eigenvalue weighted by atomic mass is 9.99. The van der Waals surface area contributed by atoms with Crippen LogP contribution in [0.25, 0.3) is 0 Å². The van der Waals surface area contributed by atoms with E-state index >= 15 is 0 Å². The number of nitro benzene ring substituents is 1. The largest absolute Gasteiger partial charge is 0.373 e. The van der Waals surface area contributed by atoms with Gasteiger partial charge in [-0.05, 0) is 19.2 Å². The number of hydrogen-bond acceptors (Lipinski definition) is 8. The van der Waals surface area contributed by atoms with Crippen LogP contribution < -0.4 is 4.90 Å². The van der Waals surface area contributed by atoms with E-state index in [9.17, 15) is 18.8 Å². The van der Waals surface area contributed by atoms with Crippen LogP contribution in [0.4, 0.5) is 15.3 Å². The van der Waals surface area contributed by atoms with E-state index in [2.05, 4.69) is 26.8 Å². The van der Waals surface area contributed by atoms with E-state index in [1.54, 1.807) is 30.5 Å². The number of aliphatic imine (C=N–C) groups is 2. The second kappa shape index (κ2) is 11.0. The quantitative estimate of drug-likeness (QED) is 0.346. The number of likely N-dealkylation sites (N-methyl/N-ethyl adjacent to an activating group) is 1. The van der Waals surface area contributed by atoms with Gasteiger partial charge in [-0.2, -0.15) is 3.89 Å². The predicted octanol–water partition coefficient (Wildman–Crippen LogP) is 4.28. The molecule has 0 radical (unpaired) electrons. The zero-order chi connectivity index (χ0) is 25.8. The first-order chi connectivity index (χ1) is 17.5. The lowest BCUT2D eigenvalue weighted by molar-refractivity contribution is -0.384. The van der Waals surface area contributed by atoms with Crippen molar-refractivity contribution in [1.82, 2.24) is 9.80 Å². The molecule has 5 rings (SSSR count). The number of amidine groups is 1. The van der Waals surface area contributed by atoms with Gasteiger partial charge in [0.1, 0.15) is 11.5 Å². The fourth-order valence-electron chi connectivity index (χ4n) is 4.25. The summed E-state index contributed by atoms with van der Waals surface area (Å²) < 4.78 is 13.7. The molecule has 0 aromatic heterocycles. The number of carbonyl (C=O) groups excluding carboxylic acids is 1. The summed E-state index contributed by atoms with van der Waals surface area (Å²) in [4.78, 5) is 39.8. The summed E-state index contributed by atoms with van der Waals surface area (Å²) in [5.41, 5.74) is 1.87. The summed E-state index contributed by atoms with van der Waals surface area (Å²) in [5.74, 6) is 0.120. The molecular formula is C25H27FN6O3S. The maximum Gasteiger partial charge on any atom is 0.284 e. The minimum absolute atomic E-state index is 0.0783. The highest BCUT2D eigenvalue weighted by atomic mass is 32.2. The van der Waals surface area contributed by atoms with Crippen molar-refractivity contribution in [3.05, 3.63) is 75.6 Å². The number of non-ortho nitro benzene ring substituents is 1. The molecule has 0 bridgehead atoms. The zero-order valence-corrected chi connectivity index (χ0v) is 21.2. The van der Waals surface area contributed by atoms with Gasteiger partial charge in [0.15, 0.2) is 0 Å². The van der Waals surface area contributed by atoms with Gasteiger partial charge in [-0.1, -0.05) is 32.0 Å². The van der Waals surface area contributed by atoms with E-state index in [-0.39, 0.29) is 30.3 Å². The van der Waals surface area contributed by atoms with Gasteiger partial charge in [0.2, 0.25) is 0 Å². The van der Waals surface area contributed by atoms with Gasteiger partial charge in [0, 0.05) is 55.6 Å². The zero-order valence-electron chi connectivity index (χ0n) is 20.3. The minimum atomic E-state index is -0.502. The van der Waals surface area contributed by atoms with Crippen LogP contribution in [-0.4, -0.2) is 71.9 Å². The molecule has 0 aliphatic carbocycles. The molecule has 0 N–H and O–H groups in total. The SMILES string of the molecule is CC.CN1CCN(/C=C2\N=C3CN=C(c4ccccc4SF)c4cc([N+](=O)[O-])ccc4N3C2=O)CC1. The molecule has 2 aromatic carbocycles. The molecule has 0 spiro atoms. The summed E-state index contributed by atoms with van der Waals surface area (Å²) in [5, 5.41) is 11.5. The van der Waals surface area contributed by atoms with Gasteiger partial charge in [-0.15, -0.1) is 0 Å². The molecule has 9 nitrogen and oxygen atoms in total. The van der Waals surface area contributed by atoms with Crippen LogP contribution in [0.5, 0.6) is 0 Å². The molecule has 188 valence electrons. The molecule has 0 atom stereocenters. The lowest BCUT2D eigenvalue weighted by Gasteiger charge is -2.31. The highest BCUT2D eigenvalue weighted by molar-refractivity contribution is 7.94. The fourth-order valence-corrected chi connectivity index (χ4v) is 4.63. The third-order valence-corrected chi connectivity index (χ3v) is 6.59. The second-order valence-electron chi connectivity index (χ2n) is 8.22. The van der Waals surface area contributed by atoms with Crippen LogP contribution in [0.15, 0.2) is 69.2 Å². The highest BCUT2D eigenvalue weighted by Crippen LogP contribution is 2.36. The smallest absolute Gasteiger partial charge is 0.284 e. The number of amides is 1. The molecule has 0 unspecified atom stereocenters. The van der Waals surface area contributed by atoms with Crippen molar-refractivity contribution in [3.8, 4) is 0 Å². The van der Waals surface area contributed by atoms with Crippen LogP contribution in [0.2, 0.25) is 0 Å². The van der Waals surface area contributed by atoms with Crippen molar-refractivity contribution < 1.29 is 13.6 Å². The first-order valence-corrected chi connectivity index (χ1v) is 12.5. The van der Waals surface area contributed by atoms with Crippen molar-refractivity contribution in [1.29, 1.82) is 0 Å². The molecule has 3 aliphatic heterocycles. The Bertz CT molecular complexity index is 1270. The molecule has 2 aromatic rings. The maximum absolute atomic E-state index is 13.7. The van der Waals surface area contributed by atoms with E-state index in [1.807, 2.05) is 13.8 Å². The second-order valence-corrected chi connectivity index (χ2v) is 8.81. The number of carbonyl (C=O) groups is 1. The van der Waals surface area contributed by atoms with Crippen molar-refractivity contribution in [3.63, 3.8) is 0 Å². The van der Waals surface area contributed by atoms with Gasteiger partial charge in [-0.25, -0.2) is 4.99 Å². The molecular weight excluding hydrogens is 483 g/mol. The lowest BCUT2D eigenvalue weighted by Crippen LogP contribution is -2.42. The average molecular weight is 511 g/mol. The van der Waals surface area contributed by atoms with Crippen molar-refractivity contribution in [2.24, 2.45) is 9.98 Å². The molecule has 36 heavy (non-hydrogen) atoms. The van der Waals surface area contributed by atoms with Crippen molar-refractivity contribution in [2.45, 2.75) is 18.7 Å². The molecule has 11 heteroatoms. The summed E-state index contributed by atoms with van der Waals surface area (Å²) in [7, 11) is 2.06. The van der Waals surface area contributed by atoms with Crippen LogP contribution in [0.3, 0.4) is 0 Å². The van der Waals surface area contributed by atoms with Crippen LogP contribution in [0.1, 0.15) is 25.0 Å². The average Bonchev–Trinajstić information content (AvgIpc) is 3.11. The molecule has 1 amide bonds. The van der Waals surface area contributed by atoms with E-state index in [0.29, 0.717) is 39.0 Å². The number of anilines is 1. The Morgan fingerprint density at radius 2 is 1.81 bits per heavy atom. The standard InChI is InChI=1S/C23H21FN6O3S.C2H6/c1-27-8-10-28(11-9-27)14-18-23(31)29-19-7-6-15(30(32)33)12-17(19)22(25-13-21(29)26-18)16-4-2-3-5-20(16)34-24;1-2/h2-7,12,14H,8-11,13H2,1H3;1-2H3/b18-14-;. The van der Waals surface area contributed by atoms with Crippen LogP contribution in [-0.2, 0) is 4.79 Å². The van der Waals surface area contributed by atoms with E-state index < -0.39 is 4.92 Å². The van der Waals surface area contributed by atoms with E-state index in [0.717, 1.165) is 26.2 Å². The Hall–Kier alpha value is -3.57. The number of nitrogens with zero attached hydrogens (tertiary/aromatic N) is 6. The Morgan fingerprint density at radius 1 is 1.08 bits per heavy atom. The Kier molecular flexibility index (Phi) is 7.80. The molecule has 1 saturated heterocycles. The first kappa shape index (κ1) is 25.5. The van der Waals surface area contributed by atoms with Gasteiger partial charge in [0.05, 0.1) is 39.9 Å². The minimum Gasteiger partial charge on any atom is -0.373 e. The molecule has 3 heterocycles. The number of halogens is 1. The molecule has 3 aliphatic rings. The van der Waals surface area contributed by atoms with Gasteiger partial charge in [-0.3, -0.25) is 24.8 Å². The Balaban J connectivity index is 0.00000148. The highest BCUT2D eigenvalue weighted by Gasteiger charge is 2.37. The van der Waals surface area contributed by atoms with Crippen LogP contribution >= 0.6 is 12.1 Å². The topological polar surface area (TPSA) is 94.7 Å². The van der Waals surface area contributed by atoms with Crippen LogP contribution in [0, 0.1) is 10.1 Å². The number of fused-ring (bicyclic) bond motifs is 3. The van der Waals surface area contributed by atoms with Crippen molar-refractivity contribution in [2.75, 3.05) is 44.7 Å². The third kappa shape index (κ3) is 4.89. The first-order valence-electron chi connectivity index (χ1n) is 11.7. The summed E-state index contributed by atoms with van der Waals surface area (Å²) in [6, 6.07) is 11.0. The maximum atomic E-state index is 13.7. The van der Waals surface area contributed by atoms with E-state index in [1.165, 1.54) is 23.1 Å². The van der Waals surface area contributed by atoms with Gasteiger partial charge in [0.25, 0.3) is 11.6 Å². The fraction of sp³-hybridized carbons (Fsp3) is 0.320. The monoisotopic (exact) mass is 510 g/mol. The number of rotatable bonds is 4.